The number of furan rings is 1. The van der Waals surface area contributed by atoms with Gasteiger partial charge in [-0.15, -0.1) is 11.3 Å². The number of aromatic amines is 1. The number of carbonyl (C=O) groups excluding carboxylic acids is 1. The number of carboxylic acids is 1. The van der Waals surface area contributed by atoms with Crippen LogP contribution in [0.1, 0.15) is 22.5 Å². The molecule has 3 rings (SSSR count). The van der Waals surface area contributed by atoms with Crippen molar-refractivity contribution in [1.29, 1.82) is 0 Å². The van der Waals surface area contributed by atoms with E-state index in [9.17, 15) is 14.4 Å². The number of methoxy groups -OCH3 is 1. The van der Waals surface area contributed by atoms with E-state index in [2.05, 4.69) is 4.98 Å². The van der Waals surface area contributed by atoms with Crippen LogP contribution >= 0.6 is 11.3 Å². The lowest BCUT2D eigenvalue weighted by Crippen LogP contribution is -2.20. The molecule has 0 spiro atoms. The van der Waals surface area contributed by atoms with Crippen molar-refractivity contribution in [2.45, 2.75) is 6.42 Å². The fraction of sp³-hybridized carbons (Fsp3) is 0.150. The Labute approximate surface area is 168 Å². The first-order valence-electron chi connectivity index (χ1n) is 8.49. The van der Waals surface area contributed by atoms with Gasteiger partial charge >= 0.3 is 5.97 Å². The van der Waals surface area contributed by atoms with Crippen LogP contribution in [0.25, 0.3) is 12.2 Å². The summed E-state index contributed by atoms with van der Waals surface area (Å²) >= 11 is 1.14. The van der Waals surface area contributed by atoms with Gasteiger partial charge in [-0.1, -0.05) is 6.07 Å². The van der Waals surface area contributed by atoms with Crippen LogP contribution < -0.4 is 24.2 Å². The molecule has 1 aromatic carbocycles. The molecule has 9 heteroatoms. The molecule has 150 valence electrons. The summed E-state index contributed by atoms with van der Waals surface area (Å²) in [5, 5.41) is 8.69. The molecule has 0 fully saturated rings. The summed E-state index contributed by atoms with van der Waals surface area (Å²) in [6.07, 6.45) is 4.24. The van der Waals surface area contributed by atoms with E-state index in [1.54, 1.807) is 36.4 Å². The van der Waals surface area contributed by atoms with Crippen molar-refractivity contribution in [3.63, 3.8) is 0 Å². The first-order valence-corrected chi connectivity index (χ1v) is 9.31. The zero-order valence-electron chi connectivity index (χ0n) is 15.3. The van der Waals surface area contributed by atoms with Crippen molar-refractivity contribution in [2.75, 3.05) is 13.7 Å². The molecule has 0 aliphatic heterocycles. The van der Waals surface area contributed by atoms with E-state index in [0.717, 1.165) is 11.3 Å². The summed E-state index contributed by atoms with van der Waals surface area (Å²) in [5.41, 5.74) is 0.359. The minimum Gasteiger partial charge on any atom is -0.493 e. The van der Waals surface area contributed by atoms with Crippen molar-refractivity contribution < 1.29 is 28.6 Å². The summed E-state index contributed by atoms with van der Waals surface area (Å²) in [6, 6.07) is 8.19. The maximum absolute atomic E-state index is 12.2. The Morgan fingerprint density at radius 3 is 2.79 bits per heavy atom. The van der Waals surface area contributed by atoms with Crippen molar-refractivity contribution >= 4 is 35.2 Å². The van der Waals surface area contributed by atoms with Gasteiger partial charge in [-0.3, -0.25) is 14.4 Å². The third kappa shape index (κ3) is 5.23. The van der Waals surface area contributed by atoms with Gasteiger partial charge < -0.3 is 24.0 Å². The molecule has 0 saturated carbocycles. The Bertz CT molecular complexity index is 1190. The second-order valence-corrected chi connectivity index (χ2v) is 6.90. The third-order valence-corrected chi connectivity index (χ3v) is 4.73. The lowest BCUT2D eigenvalue weighted by molar-refractivity contribution is -0.137. The predicted molar refractivity (Wildman–Crippen MR) is 106 cm³/mol. The lowest BCUT2D eigenvalue weighted by atomic mass is 10.2. The van der Waals surface area contributed by atoms with Crippen molar-refractivity contribution in [3.05, 3.63) is 67.5 Å². The van der Waals surface area contributed by atoms with Crippen molar-refractivity contribution in [3.8, 4) is 11.5 Å². The number of ketones is 1. The van der Waals surface area contributed by atoms with Crippen LogP contribution in [0.4, 0.5) is 0 Å². The zero-order valence-corrected chi connectivity index (χ0v) is 16.2. The fourth-order valence-corrected chi connectivity index (χ4v) is 3.31. The number of H-pyrrole nitrogens is 1. The molecule has 2 N–H and O–H groups in total. The summed E-state index contributed by atoms with van der Waals surface area (Å²) < 4.78 is 16.5. The molecule has 0 amide bonds. The molecule has 0 aliphatic rings. The van der Waals surface area contributed by atoms with E-state index in [4.69, 9.17) is 19.0 Å². The second kappa shape index (κ2) is 9.07. The summed E-state index contributed by atoms with van der Waals surface area (Å²) in [6.45, 7) is 0.0161. The number of Topliss-reactive ketones (excluding diaryl/α,β-unsaturated/α-hetero) is 1. The Hall–Kier alpha value is -3.59. The Kier molecular flexibility index (Phi) is 6.30. The summed E-state index contributed by atoms with van der Waals surface area (Å²) in [5.74, 6) is -0.290. The monoisotopic (exact) mass is 415 g/mol. The molecule has 0 bridgehead atoms. The maximum Gasteiger partial charge on any atom is 0.306 e. The van der Waals surface area contributed by atoms with Gasteiger partial charge in [-0.25, -0.2) is 0 Å². The molecule has 8 nitrogen and oxygen atoms in total. The van der Waals surface area contributed by atoms with Crippen LogP contribution in [0.5, 0.6) is 11.5 Å². The van der Waals surface area contributed by atoms with Gasteiger partial charge in [0.25, 0.3) is 5.56 Å². The van der Waals surface area contributed by atoms with Crippen LogP contribution in [-0.4, -0.2) is 35.6 Å². The predicted octanol–water partition coefficient (Wildman–Crippen LogP) is 1.38. The minimum absolute atomic E-state index is 0.0161. The lowest BCUT2D eigenvalue weighted by Gasteiger charge is -2.10. The molecule has 29 heavy (non-hydrogen) atoms. The standard InChI is InChI=1S/C20H17NO7S/c1-26-16-9-12(4-5-15(16)28-8-6-19(23)24)10-17-20(25)21-18(29-17)11-13(22)14-3-2-7-27-14/h2-5,7,9-11H,6,8H2,1H3,(H,21,25)(H,23,24)/b17-10+,18-11-. The van der Waals surface area contributed by atoms with Gasteiger partial charge in [0, 0.05) is 6.08 Å². The third-order valence-electron chi connectivity index (χ3n) is 3.77. The van der Waals surface area contributed by atoms with Crippen LogP contribution in [0.2, 0.25) is 0 Å². The van der Waals surface area contributed by atoms with Crippen LogP contribution in [-0.2, 0) is 4.79 Å². The fourth-order valence-electron chi connectivity index (χ4n) is 2.43. The number of aliphatic carboxylic acids is 1. The van der Waals surface area contributed by atoms with E-state index < -0.39 is 5.97 Å². The number of carboxylic acid groups (broad SMARTS) is 1. The molecule has 2 aromatic heterocycles. The largest absolute Gasteiger partial charge is 0.493 e. The van der Waals surface area contributed by atoms with Gasteiger partial charge in [0.2, 0.25) is 5.78 Å². The highest BCUT2D eigenvalue weighted by Crippen LogP contribution is 2.28. The average molecular weight is 415 g/mol. The normalized spacial score (nSPS) is 12.2. The summed E-state index contributed by atoms with van der Waals surface area (Å²) in [4.78, 5) is 37.5. The van der Waals surface area contributed by atoms with Gasteiger partial charge in [0.1, 0.15) is 0 Å². The molecule has 0 radical (unpaired) electrons. The number of thiazole rings is 1. The van der Waals surface area contributed by atoms with Gasteiger partial charge in [0.15, 0.2) is 17.3 Å². The van der Waals surface area contributed by atoms with E-state index in [0.29, 0.717) is 26.3 Å². The Morgan fingerprint density at radius 1 is 1.28 bits per heavy atom. The molecule has 0 aliphatic carbocycles. The average Bonchev–Trinajstić information content (AvgIpc) is 3.33. The van der Waals surface area contributed by atoms with Crippen molar-refractivity contribution in [1.82, 2.24) is 4.98 Å². The first-order chi connectivity index (χ1) is 14.0. The minimum atomic E-state index is -0.955. The highest BCUT2D eigenvalue weighted by molar-refractivity contribution is 7.07. The number of aromatic nitrogens is 1. The van der Waals surface area contributed by atoms with E-state index in [1.165, 1.54) is 19.4 Å². The molecule has 3 aromatic rings. The quantitative estimate of drug-likeness (QED) is 0.534. The second-order valence-electron chi connectivity index (χ2n) is 5.82. The highest BCUT2D eigenvalue weighted by Gasteiger charge is 2.08. The van der Waals surface area contributed by atoms with Crippen LogP contribution in [0.15, 0.2) is 45.8 Å². The molecule has 0 unspecified atom stereocenters. The number of hydrogen-bond donors (Lipinski definition) is 2. The first kappa shape index (κ1) is 20.2. The van der Waals surface area contributed by atoms with Gasteiger partial charge in [0.05, 0.1) is 35.6 Å². The molecular formula is C20H17NO7S. The van der Waals surface area contributed by atoms with Gasteiger partial charge in [-0.2, -0.15) is 0 Å². The van der Waals surface area contributed by atoms with Crippen molar-refractivity contribution in [2.24, 2.45) is 0 Å². The molecular weight excluding hydrogens is 398 g/mol. The summed E-state index contributed by atoms with van der Waals surface area (Å²) in [7, 11) is 1.47. The highest BCUT2D eigenvalue weighted by atomic mass is 32.1. The number of hydrogen-bond acceptors (Lipinski definition) is 7. The number of rotatable bonds is 8. The number of carbonyl (C=O) groups is 2. The SMILES string of the molecule is COc1cc(/C=c2/s/c(=C\C(=O)c3ccco3)[nH]c2=O)ccc1OCCC(=O)O. The number of ether oxygens (including phenoxy) is 2. The molecule has 2 heterocycles. The van der Waals surface area contributed by atoms with Crippen LogP contribution in [0, 0.1) is 0 Å². The number of nitrogens with one attached hydrogen (secondary N) is 1. The maximum atomic E-state index is 12.2. The molecule has 0 saturated heterocycles. The Balaban J connectivity index is 1.86. The zero-order chi connectivity index (χ0) is 20.8. The van der Waals surface area contributed by atoms with E-state index >= 15 is 0 Å². The number of benzene rings is 1. The van der Waals surface area contributed by atoms with E-state index in [1.807, 2.05) is 0 Å². The van der Waals surface area contributed by atoms with Crippen LogP contribution in [0.3, 0.4) is 0 Å². The molecule has 0 atom stereocenters. The smallest absolute Gasteiger partial charge is 0.306 e. The topological polar surface area (TPSA) is 119 Å². The van der Waals surface area contributed by atoms with E-state index in [-0.39, 0.29) is 30.1 Å². The van der Waals surface area contributed by atoms with Gasteiger partial charge in [-0.05, 0) is 35.9 Å². The Morgan fingerprint density at radius 2 is 2.10 bits per heavy atom.